The zero-order valence-electron chi connectivity index (χ0n) is 11.6. The van der Waals surface area contributed by atoms with Crippen LogP contribution in [0.1, 0.15) is 16.7 Å². The molecule has 0 saturated carbocycles. The first kappa shape index (κ1) is 14.9. The SMILES string of the molecule is Cc1ccc(CNc2c([N+](=O)[O-])ccc(F)c2F)c(C)c1. The third-order valence-electron chi connectivity index (χ3n) is 3.22. The Kier molecular flexibility index (Phi) is 4.16. The molecule has 0 aromatic heterocycles. The lowest BCUT2D eigenvalue weighted by Crippen LogP contribution is -2.07. The molecule has 0 saturated heterocycles. The van der Waals surface area contributed by atoms with Crippen LogP contribution in [0.3, 0.4) is 0 Å². The molecule has 0 aliphatic rings. The van der Waals surface area contributed by atoms with Crippen LogP contribution in [0.5, 0.6) is 0 Å². The predicted molar refractivity (Wildman–Crippen MR) is 76.3 cm³/mol. The fraction of sp³-hybridized carbons (Fsp3) is 0.200. The highest BCUT2D eigenvalue weighted by molar-refractivity contribution is 5.62. The van der Waals surface area contributed by atoms with Crippen molar-refractivity contribution in [1.82, 2.24) is 0 Å². The topological polar surface area (TPSA) is 55.2 Å². The Morgan fingerprint density at radius 1 is 1.19 bits per heavy atom. The first-order chi connectivity index (χ1) is 9.90. The van der Waals surface area contributed by atoms with Gasteiger partial charge in [-0.2, -0.15) is 0 Å². The molecule has 0 bridgehead atoms. The van der Waals surface area contributed by atoms with Crippen LogP contribution >= 0.6 is 0 Å². The van der Waals surface area contributed by atoms with Gasteiger partial charge in [0.25, 0.3) is 5.69 Å². The van der Waals surface area contributed by atoms with E-state index in [0.717, 1.165) is 28.8 Å². The number of rotatable bonds is 4. The molecule has 1 N–H and O–H groups in total. The summed E-state index contributed by atoms with van der Waals surface area (Å²) in [6, 6.07) is 7.38. The zero-order chi connectivity index (χ0) is 15.6. The summed E-state index contributed by atoms with van der Waals surface area (Å²) in [7, 11) is 0. The van der Waals surface area contributed by atoms with E-state index in [1.54, 1.807) is 0 Å². The summed E-state index contributed by atoms with van der Waals surface area (Å²) in [5.74, 6) is -2.36. The van der Waals surface area contributed by atoms with E-state index in [-0.39, 0.29) is 6.54 Å². The first-order valence-corrected chi connectivity index (χ1v) is 6.32. The summed E-state index contributed by atoms with van der Waals surface area (Å²) in [6.07, 6.45) is 0. The Bertz CT molecular complexity index is 702. The van der Waals surface area contributed by atoms with Gasteiger partial charge >= 0.3 is 0 Å². The summed E-state index contributed by atoms with van der Waals surface area (Å²) in [5, 5.41) is 13.5. The average molecular weight is 292 g/mol. The van der Waals surface area contributed by atoms with Crippen molar-refractivity contribution in [3.63, 3.8) is 0 Å². The second-order valence-electron chi connectivity index (χ2n) is 4.80. The van der Waals surface area contributed by atoms with Gasteiger partial charge in [-0.3, -0.25) is 10.1 Å². The molecule has 0 fully saturated rings. The number of halogens is 2. The minimum Gasteiger partial charge on any atom is -0.373 e. The lowest BCUT2D eigenvalue weighted by atomic mass is 10.1. The van der Waals surface area contributed by atoms with Crippen LogP contribution in [0.15, 0.2) is 30.3 Å². The Hall–Kier alpha value is -2.50. The lowest BCUT2D eigenvalue weighted by Gasteiger charge is -2.11. The smallest absolute Gasteiger partial charge is 0.295 e. The maximum absolute atomic E-state index is 13.7. The van der Waals surface area contributed by atoms with E-state index < -0.39 is 27.9 Å². The Balaban J connectivity index is 2.31. The van der Waals surface area contributed by atoms with E-state index in [4.69, 9.17) is 0 Å². The molecule has 2 aromatic rings. The van der Waals surface area contributed by atoms with Gasteiger partial charge in [-0.1, -0.05) is 23.8 Å². The molecule has 4 nitrogen and oxygen atoms in total. The van der Waals surface area contributed by atoms with E-state index in [1.807, 2.05) is 32.0 Å². The summed E-state index contributed by atoms with van der Waals surface area (Å²) in [4.78, 5) is 10.1. The number of hydrogen-bond acceptors (Lipinski definition) is 3. The van der Waals surface area contributed by atoms with Crippen LogP contribution in [0.4, 0.5) is 20.2 Å². The third kappa shape index (κ3) is 3.16. The van der Waals surface area contributed by atoms with Crippen molar-refractivity contribution in [3.05, 3.63) is 68.8 Å². The van der Waals surface area contributed by atoms with Crippen LogP contribution in [-0.4, -0.2) is 4.92 Å². The van der Waals surface area contributed by atoms with E-state index in [9.17, 15) is 18.9 Å². The number of benzene rings is 2. The molecule has 0 amide bonds. The molecule has 0 spiro atoms. The van der Waals surface area contributed by atoms with Gasteiger partial charge in [0.2, 0.25) is 0 Å². The van der Waals surface area contributed by atoms with Crippen molar-refractivity contribution in [3.8, 4) is 0 Å². The fourth-order valence-electron chi connectivity index (χ4n) is 2.09. The molecule has 2 rings (SSSR count). The van der Waals surface area contributed by atoms with E-state index >= 15 is 0 Å². The van der Waals surface area contributed by atoms with Crippen molar-refractivity contribution in [2.45, 2.75) is 20.4 Å². The first-order valence-electron chi connectivity index (χ1n) is 6.32. The molecular weight excluding hydrogens is 278 g/mol. The van der Waals surface area contributed by atoms with Gasteiger partial charge in [-0.05, 0) is 31.0 Å². The largest absolute Gasteiger partial charge is 0.373 e. The minimum absolute atomic E-state index is 0.174. The Morgan fingerprint density at radius 2 is 1.90 bits per heavy atom. The second-order valence-corrected chi connectivity index (χ2v) is 4.80. The monoisotopic (exact) mass is 292 g/mol. The molecule has 0 radical (unpaired) electrons. The molecule has 21 heavy (non-hydrogen) atoms. The molecule has 0 atom stereocenters. The molecular formula is C15H14F2N2O2. The number of aryl methyl sites for hydroxylation is 2. The number of nitro groups is 1. The van der Waals surface area contributed by atoms with Crippen molar-refractivity contribution >= 4 is 11.4 Å². The highest BCUT2D eigenvalue weighted by atomic mass is 19.2. The van der Waals surface area contributed by atoms with Crippen LogP contribution in [-0.2, 0) is 6.54 Å². The van der Waals surface area contributed by atoms with Crippen LogP contribution in [0.2, 0.25) is 0 Å². The normalized spacial score (nSPS) is 10.5. The zero-order valence-corrected chi connectivity index (χ0v) is 11.6. The van der Waals surface area contributed by atoms with Crippen molar-refractivity contribution in [2.75, 3.05) is 5.32 Å². The standard InChI is InChI=1S/C15H14F2N2O2/c1-9-3-4-11(10(2)7-9)8-18-15-13(19(20)21)6-5-12(16)14(15)17/h3-7,18H,8H2,1-2H3. The minimum atomic E-state index is -1.24. The van der Waals surface area contributed by atoms with Crippen molar-refractivity contribution < 1.29 is 13.7 Å². The van der Waals surface area contributed by atoms with Gasteiger partial charge in [-0.15, -0.1) is 0 Å². The van der Waals surface area contributed by atoms with Crippen molar-refractivity contribution in [2.24, 2.45) is 0 Å². The van der Waals surface area contributed by atoms with Gasteiger partial charge in [0.15, 0.2) is 17.3 Å². The molecule has 0 unspecified atom stereocenters. The number of hydrogen-bond donors (Lipinski definition) is 1. The predicted octanol–water partition coefficient (Wildman–Crippen LogP) is 4.10. The third-order valence-corrected chi connectivity index (χ3v) is 3.22. The quantitative estimate of drug-likeness (QED) is 0.681. The van der Waals surface area contributed by atoms with Crippen LogP contribution in [0, 0.1) is 35.6 Å². The molecule has 2 aromatic carbocycles. The lowest BCUT2D eigenvalue weighted by molar-refractivity contribution is -0.384. The van der Waals surface area contributed by atoms with Crippen molar-refractivity contribution in [1.29, 1.82) is 0 Å². The summed E-state index contributed by atoms with van der Waals surface area (Å²) in [5.41, 5.74) is 2.00. The highest BCUT2D eigenvalue weighted by Crippen LogP contribution is 2.29. The van der Waals surface area contributed by atoms with E-state index in [0.29, 0.717) is 0 Å². The Morgan fingerprint density at radius 3 is 2.52 bits per heavy atom. The summed E-state index contributed by atoms with van der Waals surface area (Å²) < 4.78 is 27.0. The second kappa shape index (κ2) is 5.87. The van der Waals surface area contributed by atoms with Gasteiger partial charge in [0, 0.05) is 12.6 Å². The number of nitrogens with zero attached hydrogens (tertiary/aromatic N) is 1. The van der Waals surface area contributed by atoms with E-state index in [1.165, 1.54) is 0 Å². The number of nitro benzene ring substituents is 1. The summed E-state index contributed by atoms with van der Waals surface area (Å²) in [6.45, 7) is 4.01. The molecule has 6 heteroatoms. The molecule has 0 aliphatic heterocycles. The maximum atomic E-state index is 13.7. The molecule has 110 valence electrons. The average Bonchev–Trinajstić information content (AvgIpc) is 2.41. The van der Waals surface area contributed by atoms with Crippen LogP contribution in [0.25, 0.3) is 0 Å². The highest BCUT2D eigenvalue weighted by Gasteiger charge is 2.21. The molecule has 0 aliphatic carbocycles. The van der Waals surface area contributed by atoms with Crippen LogP contribution < -0.4 is 5.32 Å². The van der Waals surface area contributed by atoms with E-state index in [2.05, 4.69) is 5.32 Å². The van der Waals surface area contributed by atoms with Gasteiger partial charge in [0.05, 0.1) is 4.92 Å². The van der Waals surface area contributed by atoms with Gasteiger partial charge < -0.3 is 5.32 Å². The molecule has 0 heterocycles. The fourth-order valence-corrected chi connectivity index (χ4v) is 2.09. The van der Waals surface area contributed by atoms with Gasteiger partial charge in [-0.25, -0.2) is 8.78 Å². The number of anilines is 1. The Labute approximate surface area is 120 Å². The maximum Gasteiger partial charge on any atom is 0.295 e. The number of nitrogens with one attached hydrogen (secondary N) is 1. The summed E-state index contributed by atoms with van der Waals surface area (Å²) >= 11 is 0. The van der Waals surface area contributed by atoms with Gasteiger partial charge in [0.1, 0.15) is 0 Å².